The van der Waals surface area contributed by atoms with Crippen LogP contribution in [0.2, 0.25) is 0 Å². The van der Waals surface area contributed by atoms with E-state index in [1.165, 1.54) is 17.0 Å². The summed E-state index contributed by atoms with van der Waals surface area (Å²) in [5.74, 6) is -1.96. The number of hydrogen-bond donors (Lipinski definition) is 1. The topological polar surface area (TPSA) is 29.3 Å². The zero-order valence-electron chi connectivity index (χ0n) is 9.67. The summed E-state index contributed by atoms with van der Waals surface area (Å²) in [6.07, 6.45) is -3.66. The molecule has 0 aliphatic carbocycles. The van der Waals surface area contributed by atoms with Gasteiger partial charge in [-0.3, -0.25) is 0 Å². The first-order valence-electron chi connectivity index (χ1n) is 5.75. The quantitative estimate of drug-likeness (QED) is 0.622. The van der Waals surface area contributed by atoms with Crippen LogP contribution in [0, 0.1) is 11.7 Å². The number of nitrogen functional groups attached to an aromatic ring is 1. The summed E-state index contributed by atoms with van der Waals surface area (Å²) in [4.78, 5) is 1.51. The highest BCUT2D eigenvalue weighted by molar-refractivity contribution is 5.68. The first-order valence-corrected chi connectivity index (χ1v) is 5.75. The van der Waals surface area contributed by atoms with Crippen LogP contribution in [0.1, 0.15) is 12.8 Å². The molecule has 0 spiro atoms. The second-order valence-corrected chi connectivity index (χ2v) is 4.50. The van der Waals surface area contributed by atoms with E-state index in [9.17, 15) is 17.6 Å². The summed E-state index contributed by atoms with van der Waals surface area (Å²) in [6.45, 7) is 0.317. The molecule has 0 saturated carbocycles. The molecule has 2 rings (SSSR count). The average Bonchev–Trinajstić information content (AvgIpc) is 2.32. The lowest BCUT2D eigenvalue weighted by molar-refractivity contribution is -0.175. The summed E-state index contributed by atoms with van der Waals surface area (Å²) in [6, 6.07) is 4.21. The molecule has 18 heavy (non-hydrogen) atoms. The molecule has 0 aromatic heterocycles. The van der Waals surface area contributed by atoms with Crippen molar-refractivity contribution < 1.29 is 17.6 Å². The largest absolute Gasteiger partial charge is 0.395 e. The van der Waals surface area contributed by atoms with Gasteiger partial charge in [0, 0.05) is 13.1 Å². The van der Waals surface area contributed by atoms with E-state index in [2.05, 4.69) is 0 Å². The maximum absolute atomic E-state index is 13.3. The lowest BCUT2D eigenvalue weighted by atomic mass is 9.97. The van der Waals surface area contributed by atoms with Crippen LogP contribution in [0.15, 0.2) is 18.2 Å². The number of nitrogens with two attached hydrogens (primary N) is 1. The highest BCUT2D eigenvalue weighted by atomic mass is 19.4. The van der Waals surface area contributed by atoms with E-state index in [0.29, 0.717) is 18.7 Å². The maximum Gasteiger partial charge on any atom is 0.393 e. The predicted octanol–water partition coefficient (Wildman–Crippen LogP) is 3.19. The van der Waals surface area contributed by atoms with Gasteiger partial charge in [0.25, 0.3) is 0 Å². The summed E-state index contributed by atoms with van der Waals surface area (Å²) < 4.78 is 51.3. The van der Waals surface area contributed by atoms with Crippen molar-refractivity contribution in [2.45, 2.75) is 19.0 Å². The third kappa shape index (κ3) is 2.52. The Labute approximate surface area is 102 Å². The van der Waals surface area contributed by atoms with Gasteiger partial charge in [-0.25, -0.2) is 4.39 Å². The molecule has 0 radical (unpaired) electrons. The molecule has 1 saturated heterocycles. The van der Waals surface area contributed by atoms with E-state index in [0.717, 1.165) is 0 Å². The number of halogens is 4. The van der Waals surface area contributed by atoms with Crippen molar-refractivity contribution in [2.75, 3.05) is 23.7 Å². The van der Waals surface area contributed by atoms with E-state index in [1.807, 2.05) is 0 Å². The Hall–Kier alpha value is -1.46. The molecule has 1 unspecified atom stereocenters. The molecule has 1 atom stereocenters. The first kappa shape index (κ1) is 13.0. The molecule has 2 N–H and O–H groups in total. The number of para-hydroxylation sites is 1. The van der Waals surface area contributed by atoms with Gasteiger partial charge < -0.3 is 10.6 Å². The number of nitrogens with zero attached hydrogens (tertiary/aromatic N) is 1. The number of rotatable bonds is 1. The normalized spacial score (nSPS) is 21.1. The van der Waals surface area contributed by atoms with Crippen LogP contribution >= 0.6 is 0 Å². The lowest BCUT2D eigenvalue weighted by Gasteiger charge is -2.35. The van der Waals surface area contributed by atoms with Gasteiger partial charge in [-0.1, -0.05) is 6.07 Å². The second-order valence-electron chi connectivity index (χ2n) is 4.50. The molecule has 1 heterocycles. The van der Waals surface area contributed by atoms with Gasteiger partial charge in [0.05, 0.1) is 17.3 Å². The molecule has 1 aliphatic rings. The molecule has 1 aliphatic heterocycles. The van der Waals surface area contributed by atoms with Crippen LogP contribution in [-0.4, -0.2) is 19.3 Å². The smallest absolute Gasteiger partial charge is 0.393 e. The zero-order chi connectivity index (χ0) is 13.3. The summed E-state index contributed by atoms with van der Waals surface area (Å²) in [5, 5.41) is 0. The summed E-state index contributed by atoms with van der Waals surface area (Å²) >= 11 is 0. The van der Waals surface area contributed by atoms with Crippen molar-refractivity contribution in [1.82, 2.24) is 0 Å². The average molecular weight is 262 g/mol. The van der Waals surface area contributed by atoms with Gasteiger partial charge in [0.15, 0.2) is 0 Å². The van der Waals surface area contributed by atoms with Gasteiger partial charge in [-0.05, 0) is 25.0 Å². The van der Waals surface area contributed by atoms with E-state index in [1.54, 1.807) is 6.07 Å². The SMILES string of the molecule is Nc1c(F)cccc1N1CCCC(C(F)(F)F)C1. The van der Waals surface area contributed by atoms with E-state index < -0.39 is 17.9 Å². The Balaban J connectivity index is 2.21. The van der Waals surface area contributed by atoms with E-state index >= 15 is 0 Å². The number of anilines is 2. The number of piperidine rings is 1. The standard InChI is InChI=1S/C12H14F4N2/c13-9-4-1-5-10(11(9)17)18-6-2-3-8(7-18)12(14,15)16/h1,4-5,8H,2-3,6-7,17H2. The second kappa shape index (κ2) is 4.66. The fourth-order valence-corrected chi connectivity index (χ4v) is 2.26. The maximum atomic E-state index is 13.3. The molecule has 1 aromatic rings. The summed E-state index contributed by atoms with van der Waals surface area (Å²) in [5.41, 5.74) is 5.84. The Kier molecular flexibility index (Phi) is 3.36. The molecule has 0 amide bonds. The Morgan fingerprint density at radius 1 is 1.28 bits per heavy atom. The van der Waals surface area contributed by atoms with E-state index in [-0.39, 0.29) is 18.7 Å². The van der Waals surface area contributed by atoms with Crippen LogP contribution in [0.25, 0.3) is 0 Å². The number of alkyl halides is 3. The molecule has 0 bridgehead atoms. The molecule has 1 aromatic carbocycles. The minimum Gasteiger partial charge on any atom is -0.395 e. The number of benzene rings is 1. The lowest BCUT2D eigenvalue weighted by Crippen LogP contribution is -2.42. The van der Waals surface area contributed by atoms with Crippen molar-refractivity contribution in [3.63, 3.8) is 0 Å². The van der Waals surface area contributed by atoms with Crippen molar-refractivity contribution in [3.8, 4) is 0 Å². The van der Waals surface area contributed by atoms with E-state index in [4.69, 9.17) is 5.73 Å². The summed E-state index contributed by atoms with van der Waals surface area (Å²) in [7, 11) is 0. The van der Waals surface area contributed by atoms with Crippen molar-refractivity contribution in [1.29, 1.82) is 0 Å². The van der Waals surface area contributed by atoms with Crippen molar-refractivity contribution in [3.05, 3.63) is 24.0 Å². The van der Waals surface area contributed by atoms with Crippen LogP contribution in [0.4, 0.5) is 28.9 Å². The highest BCUT2D eigenvalue weighted by Gasteiger charge is 2.42. The molecule has 1 fully saturated rings. The molecule has 6 heteroatoms. The molecule has 100 valence electrons. The van der Waals surface area contributed by atoms with Gasteiger partial charge in [0.2, 0.25) is 0 Å². The molecular formula is C12H14F4N2. The predicted molar refractivity (Wildman–Crippen MR) is 61.8 cm³/mol. The molecular weight excluding hydrogens is 248 g/mol. The Bertz CT molecular complexity index is 431. The fourth-order valence-electron chi connectivity index (χ4n) is 2.26. The van der Waals surface area contributed by atoms with Crippen LogP contribution < -0.4 is 10.6 Å². The monoisotopic (exact) mass is 262 g/mol. The van der Waals surface area contributed by atoms with Gasteiger partial charge in [-0.2, -0.15) is 13.2 Å². The molecule has 2 nitrogen and oxygen atoms in total. The minimum absolute atomic E-state index is 0.0830. The van der Waals surface area contributed by atoms with Gasteiger partial charge in [0.1, 0.15) is 5.82 Å². The van der Waals surface area contributed by atoms with Gasteiger partial charge >= 0.3 is 6.18 Å². The third-order valence-corrected chi connectivity index (χ3v) is 3.25. The van der Waals surface area contributed by atoms with Crippen molar-refractivity contribution >= 4 is 11.4 Å². The first-order chi connectivity index (χ1) is 8.39. The minimum atomic E-state index is -4.21. The van der Waals surface area contributed by atoms with Crippen LogP contribution in [0.3, 0.4) is 0 Å². The zero-order valence-corrected chi connectivity index (χ0v) is 9.67. The van der Waals surface area contributed by atoms with Gasteiger partial charge in [-0.15, -0.1) is 0 Å². The van der Waals surface area contributed by atoms with Crippen LogP contribution in [-0.2, 0) is 0 Å². The van der Waals surface area contributed by atoms with Crippen molar-refractivity contribution in [2.24, 2.45) is 5.92 Å². The Morgan fingerprint density at radius 3 is 2.67 bits per heavy atom. The number of hydrogen-bond acceptors (Lipinski definition) is 2. The Morgan fingerprint density at radius 2 is 2.00 bits per heavy atom. The third-order valence-electron chi connectivity index (χ3n) is 3.25. The highest BCUT2D eigenvalue weighted by Crippen LogP contribution is 2.36. The van der Waals surface area contributed by atoms with Crippen LogP contribution in [0.5, 0.6) is 0 Å². The fraction of sp³-hybridized carbons (Fsp3) is 0.500.